The van der Waals surface area contributed by atoms with Gasteiger partial charge in [0, 0.05) is 21.8 Å². The second kappa shape index (κ2) is 11.3. The average Bonchev–Trinajstić information content (AvgIpc) is 3.31. The van der Waals surface area contributed by atoms with E-state index in [-0.39, 0.29) is 17.4 Å². The molecule has 0 fully saturated rings. The van der Waals surface area contributed by atoms with Crippen LogP contribution >= 0.6 is 23.4 Å². The summed E-state index contributed by atoms with van der Waals surface area (Å²) in [5.41, 5.74) is 6.72. The van der Waals surface area contributed by atoms with E-state index in [1.165, 1.54) is 24.9 Å². The number of phenolic OH excluding ortho intramolecular Hbond substituents is 1. The van der Waals surface area contributed by atoms with Gasteiger partial charge in [0.2, 0.25) is 0 Å². The van der Waals surface area contributed by atoms with Crippen LogP contribution in [0.15, 0.2) is 77.0 Å². The summed E-state index contributed by atoms with van der Waals surface area (Å²) in [5.74, 6) is 0.803. The lowest BCUT2D eigenvalue weighted by Crippen LogP contribution is -2.21. The van der Waals surface area contributed by atoms with Crippen molar-refractivity contribution in [2.24, 2.45) is 5.10 Å². The third-order valence-electron chi connectivity index (χ3n) is 5.31. The zero-order chi connectivity index (χ0) is 25.7. The fourth-order valence-electron chi connectivity index (χ4n) is 3.35. The van der Waals surface area contributed by atoms with Crippen molar-refractivity contribution >= 4 is 35.0 Å². The Morgan fingerprint density at radius 1 is 1.11 bits per heavy atom. The van der Waals surface area contributed by atoms with Crippen molar-refractivity contribution in [2.45, 2.75) is 19.0 Å². The average molecular weight is 522 g/mol. The van der Waals surface area contributed by atoms with Crippen LogP contribution in [0.3, 0.4) is 0 Å². The van der Waals surface area contributed by atoms with Crippen molar-refractivity contribution < 1.29 is 14.6 Å². The molecule has 1 heterocycles. The molecule has 4 rings (SSSR count). The molecule has 0 aliphatic heterocycles. The number of nitrogens with zero attached hydrogens (tertiary/aromatic N) is 4. The maximum atomic E-state index is 12.6. The van der Waals surface area contributed by atoms with Crippen LogP contribution in [0.1, 0.15) is 18.1 Å². The summed E-state index contributed by atoms with van der Waals surface area (Å²) in [4.78, 5) is 12.6. The number of phenols is 1. The number of benzene rings is 3. The van der Waals surface area contributed by atoms with Crippen LogP contribution in [0.25, 0.3) is 17.1 Å². The number of hydrazone groups is 1. The second-order valence-corrected chi connectivity index (χ2v) is 9.27. The molecule has 10 heteroatoms. The van der Waals surface area contributed by atoms with Crippen molar-refractivity contribution in [1.29, 1.82) is 0 Å². The topological polar surface area (TPSA) is 102 Å². The van der Waals surface area contributed by atoms with Crippen molar-refractivity contribution in [2.75, 3.05) is 12.9 Å². The molecule has 3 aromatic carbocycles. The predicted octanol–water partition coefficient (Wildman–Crippen LogP) is 5.24. The van der Waals surface area contributed by atoms with Crippen LogP contribution in [0.4, 0.5) is 0 Å². The highest BCUT2D eigenvalue weighted by Crippen LogP contribution is 2.29. The highest BCUT2D eigenvalue weighted by Gasteiger charge is 2.17. The third-order valence-corrected chi connectivity index (χ3v) is 6.49. The van der Waals surface area contributed by atoms with Crippen LogP contribution in [0, 0.1) is 6.92 Å². The maximum Gasteiger partial charge on any atom is 0.250 e. The van der Waals surface area contributed by atoms with Gasteiger partial charge in [-0.2, -0.15) is 5.10 Å². The quantitative estimate of drug-likeness (QED) is 0.187. The summed E-state index contributed by atoms with van der Waals surface area (Å²) in [6.07, 6.45) is 0. The molecule has 0 saturated heterocycles. The van der Waals surface area contributed by atoms with E-state index in [2.05, 4.69) is 20.7 Å². The number of nitrogens with one attached hydrogen (secondary N) is 1. The third kappa shape index (κ3) is 5.87. The van der Waals surface area contributed by atoms with Crippen LogP contribution in [-0.2, 0) is 4.79 Å². The fraction of sp³-hybridized carbons (Fsp3) is 0.154. The van der Waals surface area contributed by atoms with Gasteiger partial charge in [0.1, 0.15) is 0 Å². The number of aryl methyl sites for hydroxylation is 1. The van der Waals surface area contributed by atoms with E-state index in [0.717, 1.165) is 16.8 Å². The zero-order valence-corrected chi connectivity index (χ0v) is 21.5. The van der Waals surface area contributed by atoms with Crippen LogP contribution in [-0.4, -0.2) is 44.4 Å². The monoisotopic (exact) mass is 521 g/mol. The standard InChI is InChI=1S/C26H24ClN5O3S/c1-16-4-6-18(7-5-16)25-30-31-26(32(25)21-11-9-20(27)10-12-21)36-15-24(34)29-28-17(2)19-8-13-22(33)23(14-19)35-3/h4-14,33H,15H2,1-3H3,(H,29,34)/b28-17-. The first-order valence-corrected chi connectivity index (χ1v) is 12.3. The van der Waals surface area contributed by atoms with Gasteiger partial charge in [0.05, 0.1) is 18.6 Å². The van der Waals surface area contributed by atoms with Crippen molar-refractivity contribution in [3.05, 3.63) is 82.9 Å². The number of carbonyl (C=O) groups excluding carboxylic acids is 1. The van der Waals surface area contributed by atoms with Gasteiger partial charge in [-0.15, -0.1) is 10.2 Å². The molecule has 0 aliphatic carbocycles. The molecule has 1 amide bonds. The van der Waals surface area contributed by atoms with Crippen molar-refractivity contribution in [3.63, 3.8) is 0 Å². The number of methoxy groups -OCH3 is 1. The number of thioether (sulfide) groups is 1. The Balaban J connectivity index is 1.51. The van der Waals surface area contributed by atoms with E-state index in [1.54, 1.807) is 31.2 Å². The lowest BCUT2D eigenvalue weighted by molar-refractivity contribution is -0.118. The predicted molar refractivity (Wildman–Crippen MR) is 142 cm³/mol. The molecule has 36 heavy (non-hydrogen) atoms. The first kappa shape index (κ1) is 25.3. The molecule has 0 atom stereocenters. The number of amides is 1. The van der Waals surface area contributed by atoms with E-state index in [9.17, 15) is 9.90 Å². The highest BCUT2D eigenvalue weighted by atomic mass is 35.5. The maximum absolute atomic E-state index is 12.6. The van der Waals surface area contributed by atoms with E-state index >= 15 is 0 Å². The molecule has 1 aromatic heterocycles. The molecule has 0 radical (unpaired) electrons. The van der Waals surface area contributed by atoms with Gasteiger partial charge in [0.25, 0.3) is 5.91 Å². The molecule has 0 spiro atoms. The van der Waals surface area contributed by atoms with Crippen molar-refractivity contribution in [3.8, 4) is 28.6 Å². The Labute approximate surface area is 218 Å². The molecule has 4 aromatic rings. The molecule has 8 nitrogen and oxygen atoms in total. The molecular weight excluding hydrogens is 498 g/mol. The minimum Gasteiger partial charge on any atom is -0.504 e. The number of ether oxygens (including phenoxy) is 1. The van der Waals surface area contributed by atoms with E-state index in [0.29, 0.717) is 33.0 Å². The summed E-state index contributed by atoms with van der Waals surface area (Å²) in [6.45, 7) is 3.78. The second-order valence-electron chi connectivity index (χ2n) is 7.89. The summed E-state index contributed by atoms with van der Waals surface area (Å²) >= 11 is 7.34. The van der Waals surface area contributed by atoms with Gasteiger partial charge in [-0.1, -0.05) is 53.2 Å². The fourth-order valence-corrected chi connectivity index (χ4v) is 4.22. The van der Waals surface area contributed by atoms with Crippen LogP contribution in [0.2, 0.25) is 5.02 Å². The molecule has 0 saturated carbocycles. The summed E-state index contributed by atoms with van der Waals surface area (Å²) in [5, 5.41) is 23.9. The van der Waals surface area contributed by atoms with E-state index in [1.807, 2.05) is 47.9 Å². The Kier molecular flexibility index (Phi) is 7.92. The molecule has 2 N–H and O–H groups in total. The van der Waals surface area contributed by atoms with Crippen LogP contribution < -0.4 is 10.2 Å². The molecular formula is C26H24ClN5O3S. The summed E-state index contributed by atoms with van der Waals surface area (Å²) < 4.78 is 7.02. The Bertz CT molecular complexity index is 1400. The van der Waals surface area contributed by atoms with Gasteiger partial charge in [-0.3, -0.25) is 9.36 Å². The normalized spacial score (nSPS) is 11.4. The largest absolute Gasteiger partial charge is 0.504 e. The van der Waals surface area contributed by atoms with Gasteiger partial charge < -0.3 is 9.84 Å². The van der Waals surface area contributed by atoms with E-state index in [4.69, 9.17) is 16.3 Å². The SMILES string of the molecule is COc1cc(/C(C)=N\NC(=O)CSc2nnc(-c3ccc(C)cc3)n2-c2ccc(Cl)cc2)ccc1O. The van der Waals surface area contributed by atoms with E-state index < -0.39 is 0 Å². The minimum atomic E-state index is -0.298. The molecule has 0 bridgehead atoms. The van der Waals surface area contributed by atoms with Crippen LogP contribution in [0.5, 0.6) is 11.5 Å². The number of aromatic hydroxyl groups is 1. The van der Waals surface area contributed by atoms with Gasteiger partial charge in [-0.25, -0.2) is 5.43 Å². The van der Waals surface area contributed by atoms with Gasteiger partial charge in [0.15, 0.2) is 22.5 Å². The smallest absolute Gasteiger partial charge is 0.250 e. The molecule has 184 valence electrons. The summed E-state index contributed by atoms with van der Waals surface area (Å²) in [6, 6.07) is 20.2. The molecule has 0 aliphatic rings. The van der Waals surface area contributed by atoms with Crippen molar-refractivity contribution in [1.82, 2.24) is 20.2 Å². The molecule has 0 unspecified atom stereocenters. The minimum absolute atomic E-state index is 0.0318. The number of halogens is 1. The first-order valence-electron chi connectivity index (χ1n) is 11.0. The Morgan fingerprint density at radius 2 is 1.83 bits per heavy atom. The number of hydrogen-bond acceptors (Lipinski definition) is 7. The number of hydrogen-bond donors (Lipinski definition) is 2. The number of carbonyl (C=O) groups is 1. The Hall–Kier alpha value is -3.82. The Morgan fingerprint density at radius 3 is 2.53 bits per heavy atom. The first-order chi connectivity index (χ1) is 17.4. The highest BCUT2D eigenvalue weighted by molar-refractivity contribution is 7.99. The zero-order valence-electron chi connectivity index (χ0n) is 19.9. The lowest BCUT2D eigenvalue weighted by Gasteiger charge is -2.11. The summed E-state index contributed by atoms with van der Waals surface area (Å²) in [7, 11) is 1.47. The lowest BCUT2D eigenvalue weighted by atomic mass is 10.1. The van der Waals surface area contributed by atoms with Gasteiger partial charge in [-0.05, 0) is 56.3 Å². The number of rotatable bonds is 8. The number of aromatic nitrogens is 3. The van der Waals surface area contributed by atoms with Gasteiger partial charge >= 0.3 is 0 Å².